The molecule has 6 heteroatoms. The normalized spacial score (nSPS) is 17.9. The molecule has 1 aliphatic heterocycles. The first kappa shape index (κ1) is 15.0. The Kier molecular flexibility index (Phi) is 6.04. The molecule has 0 bridgehead atoms. The van der Waals surface area contributed by atoms with Crippen molar-refractivity contribution in [2.75, 3.05) is 39.4 Å². The second-order valence-electron chi connectivity index (χ2n) is 4.95. The van der Waals surface area contributed by atoms with Crippen molar-refractivity contribution in [3.05, 3.63) is 24.2 Å². The van der Waals surface area contributed by atoms with Crippen LogP contribution in [-0.2, 0) is 16.0 Å². The van der Waals surface area contributed by atoms with E-state index in [0.29, 0.717) is 32.6 Å². The summed E-state index contributed by atoms with van der Waals surface area (Å²) in [7, 11) is 0. The van der Waals surface area contributed by atoms with Gasteiger partial charge in [-0.05, 0) is 12.1 Å². The quantitative estimate of drug-likeness (QED) is 0.737. The first-order valence-electron chi connectivity index (χ1n) is 7.01. The number of morpholine rings is 1. The zero-order chi connectivity index (χ0) is 14.2. The van der Waals surface area contributed by atoms with Gasteiger partial charge in [-0.1, -0.05) is 0 Å². The number of β-amino-alcohol motifs (C(OH)–C–C–N with tert-alkyl or cyclic N) is 1. The summed E-state index contributed by atoms with van der Waals surface area (Å²) >= 11 is 0. The zero-order valence-corrected chi connectivity index (χ0v) is 11.6. The fourth-order valence-electron chi connectivity index (χ4n) is 2.16. The van der Waals surface area contributed by atoms with E-state index in [1.54, 1.807) is 12.3 Å². The van der Waals surface area contributed by atoms with Crippen LogP contribution in [0.15, 0.2) is 22.8 Å². The number of aliphatic hydroxyl groups is 1. The molecule has 1 aromatic rings. The summed E-state index contributed by atoms with van der Waals surface area (Å²) in [6, 6.07) is 3.65. The number of rotatable bonds is 7. The van der Waals surface area contributed by atoms with Gasteiger partial charge < -0.3 is 19.6 Å². The largest absolute Gasteiger partial charge is 0.469 e. The second-order valence-corrected chi connectivity index (χ2v) is 4.95. The lowest BCUT2D eigenvalue weighted by atomic mass is 10.2. The molecule has 0 aliphatic carbocycles. The van der Waals surface area contributed by atoms with Gasteiger partial charge in [0.25, 0.3) is 0 Å². The van der Waals surface area contributed by atoms with Gasteiger partial charge in [-0.25, -0.2) is 0 Å². The Morgan fingerprint density at radius 1 is 1.45 bits per heavy atom. The van der Waals surface area contributed by atoms with E-state index in [4.69, 9.17) is 9.15 Å². The van der Waals surface area contributed by atoms with E-state index < -0.39 is 6.10 Å². The molecule has 20 heavy (non-hydrogen) atoms. The first-order chi connectivity index (χ1) is 9.74. The Morgan fingerprint density at radius 3 is 2.95 bits per heavy atom. The van der Waals surface area contributed by atoms with Crippen molar-refractivity contribution < 1.29 is 19.1 Å². The summed E-state index contributed by atoms with van der Waals surface area (Å²) in [6.07, 6.45) is 2.01. The lowest BCUT2D eigenvalue weighted by molar-refractivity contribution is -0.121. The zero-order valence-electron chi connectivity index (χ0n) is 11.6. The molecule has 1 fully saturated rings. The molecule has 2 N–H and O–H groups in total. The number of aryl methyl sites for hydroxylation is 1. The van der Waals surface area contributed by atoms with Crippen molar-refractivity contribution in [1.29, 1.82) is 0 Å². The van der Waals surface area contributed by atoms with Crippen molar-refractivity contribution in [1.82, 2.24) is 10.2 Å². The molecule has 2 heterocycles. The van der Waals surface area contributed by atoms with Crippen LogP contribution in [0, 0.1) is 0 Å². The van der Waals surface area contributed by atoms with Gasteiger partial charge in [0.2, 0.25) is 5.91 Å². The van der Waals surface area contributed by atoms with E-state index in [0.717, 1.165) is 18.8 Å². The Hall–Kier alpha value is -1.37. The second kappa shape index (κ2) is 8.04. The maximum atomic E-state index is 11.6. The maximum absolute atomic E-state index is 11.6. The van der Waals surface area contributed by atoms with Crippen molar-refractivity contribution in [3.8, 4) is 0 Å². The van der Waals surface area contributed by atoms with Gasteiger partial charge in [0.05, 0.1) is 25.6 Å². The van der Waals surface area contributed by atoms with Crippen LogP contribution in [-0.4, -0.2) is 61.4 Å². The van der Waals surface area contributed by atoms with Gasteiger partial charge >= 0.3 is 0 Å². The van der Waals surface area contributed by atoms with Gasteiger partial charge in [0, 0.05) is 39.0 Å². The van der Waals surface area contributed by atoms with Crippen LogP contribution in [0.5, 0.6) is 0 Å². The van der Waals surface area contributed by atoms with Crippen LogP contribution in [0.1, 0.15) is 12.2 Å². The summed E-state index contributed by atoms with van der Waals surface area (Å²) in [5.74, 6) is 0.733. The number of amides is 1. The predicted octanol–water partition coefficient (Wildman–Crippen LogP) is 0.0215. The minimum absolute atomic E-state index is 0.0672. The van der Waals surface area contributed by atoms with Crippen molar-refractivity contribution in [2.45, 2.75) is 18.9 Å². The SMILES string of the molecule is O=C(CCc1ccco1)NCC(O)CN1CCOCC1. The summed E-state index contributed by atoms with van der Waals surface area (Å²) in [4.78, 5) is 13.8. The third-order valence-corrected chi connectivity index (χ3v) is 3.29. The van der Waals surface area contributed by atoms with Crippen molar-refractivity contribution >= 4 is 5.91 Å². The summed E-state index contributed by atoms with van der Waals surface area (Å²) in [6.45, 7) is 3.95. The van der Waals surface area contributed by atoms with Crippen molar-refractivity contribution in [3.63, 3.8) is 0 Å². The number of ether oxygens (including phenoxy) is 1. The number of hydrogen-bond donors (Lipinski definition) is 2. The topological polar surface area (TPSA) is 74.9 Å². The Balaban J connectivity index is 1.57. The van der Waals surface area contributed by atoms with Gasteiger partial charge in [-0.2, -0.15) is 0 Å². The van der Waals surface area contributed by atoms with E-state index in [2.05, 4.69) is 10.2 Å². The number of nitrogens with one attached hydrogen (secondary N) is 1. The van der Waals surface area contributed by atoms with Gasteiger partial charge in [-0.3, -0.25) is 9.69 Å². The van der Waals surface area contributed by atoms with Crippen LogP contribution in [0.2, 0.25) is 0 Å². The first-order valence-corrected chi connectivity index (χ1v) is 7.01. The number of furan rings is 1. The van der Waals surface area contributed by atoms with Crippen LogP contribution < -0.4 is 5.32 Å². The number of carbonyl (C=O) groups is 1. The molecule has 6 nitrogen and oxygen atoms in total. The molecular weight excluding hydrogens is 260 g/mol. The fourth-order valence-corrected chi connectivity index (χ4v) is 2.16. The van der Waals surface area contributed by atoms with Crippen molar-refractivity contribution in [2.24, 2.45) is 0 Å². The highest BCUT2D eigenvalue weighted by atomic mass is 16.5. The number of aliphatic hydroxyl groups excluding tert-OH is 1. The lowest BCUT2D eigenvalue weighted by Crippen LogP contribution is -2.44. The average molecular weight is 282 g/mol. The Labute approximate surface area is 118 Å². The van der Waals surface area contributed by atoms with Crippen LogP contribution in [0.25, 0.3) is 0 Å². The van der Waals surface area contributed by atoms with Gasteiger partial charge in [0.1, 0.15) is 5.76 Å². The molecule has 1 aromatic heterocycles. The number of nitrogens with zero attached hydrogens (tertiary/aromatic N) is 1. The fraction of sp³-hybridized carbons (Fsp3) is 0.643. The Morgan fingerprint density at radius 2 is 2.25 bits per heavy atom. The molecule has 1 amide bonds. The monoisotopic (exact) mass is 282 g/mol. The molecule has 112 valence electrons. The molecule has 0 radical (unpaired) electrons. The maximum Gasteiger partial charge on any atom is 0.220 e. The molecule has 0 saturated carbocycles. The highest BCUT2D eigenvalue weighted by Crippen LogP contribution is 2.03. The van der Waals surface area contributed by atoms with E-state index in [1.165, 1.54) is 0 Å². The molecule has 0 aromatic carbocycles. The molecule has 0 spiro atoms. The smallest absolute Gasteiger partial charge is 0.220 e. The molecule has 1 atom stereocenters. The number of carbonyl (C=O) groups excluding carboxylic acids is 1. The summed E-state index contributed by atoms with van der Waals surface area (Å²) < 4.78 is 10.4. The predicted molar refractivity (Wildman–Crippen MR) is 73.3 cm³/mol. The van der Waals surface area contributed by atoms with E-state index in [9.17, 15) is 9.90 Å². The molecule has 1 saturated heterocycles. The van der Waals surface area contributed by atoms with E-state index in [1.807, 2.05) is 6.07 Å². The van der Waals surface area contributed by atoms with Crippen LogP contribution in [0.4, 0.5) is 0 Å². The Bertz CT molecular complexity index is 388. The summed E-state index contributed by atoms with van der Waals surface area (Å²) in [5.41, 5.74) is 0. The number of hydrogen-bond acceptors (Lipinski definition) is 5. The highest BCUT2D eigenvalue weighted by Gasteiger charge is 2.15. The van der Waals surface area contributed by atoms with Gasteiger partial charge in [-0.15, -0.1) is 0 Å². The minimum Gasteiger partial charge on any atom is -0.469 e. The third kappa shape index (κ3) is 5.32. The molecule has 1 unspecified atom stereocenters. The van der Waals surface area contributed by atoms with E-state index >= 15 is 0 Å². The molecule has 1 aliphatic rings. The molecule has 2 rings (SSSR count). The van der Waals surface area contributed by atoms with Crippen LogP contribution in [0.3, 0.4) is 0 Å². The highest BCUT2D eigenvalue weighted by molar-refractivity contribution is 5.76. The lowest BCUT2D eigenvalue weighted by Gasteiger charge is -2.28. The summed E-state index contributed by atoms with van der Waals surface area (Å²) in [5, 5.41) is 12.6. The van der Waals surface area contributed by atoms with Gasteiger partial charge in [0.15, 0.2) is 0 Å². The molecular formula is C14H22N2O4. The van der Waals surface area contributed by atoms with E-state index in [-0.39, 0.29) is 12.5 Å². The average Bonchev–Trinajstić information content (AvgIpc) is 2.97. The van der Waals surface area contributed by atoms with Crippen LogP contribution >= 0.6 is 0 Å². The standard InChI is InChI=1S/C14H22N2O4/c17-12(11-16-5-8-19-9-6-16)10-15-14(18)4-3-13-2-1-7-20-13/h1-2,7,12,17H,3-6,8-11H2,(H,15,18). The third-order valence-electron chi connectivity index (χ3n) is 3.29. The minimum atomic E-state index is -0.541.